The van der Waals surface area contributed by atoms with Crippen LogP contribution in [0.15, 0.2) is 88.2 Å². The highest BCUT2D eigenvalue weighted by Gasteiger charge is 2.35. The average Bonchev–Trinajstić information content (AvgIpc) is 3.34. The first-order valence-electron chi connectivity index (χ1n) is 14.5. The van der Waals surface area contributed by atoms with Crippen LogP contribution in [0.1, 0.15) is 61.9 Å². The molecule has 0 N–H and O–H groups in total. The van der Waals surface area contributed by atoms with E-state index in [2.05, 4.69) is 13.8 Å². The Bertz CT molecular complexity index is 1920. The van der Waals surface area contributed by atoms with Gasteiger partial charge < -0.3 is 14.2 Å². The van der Waals surface area contributed by atoms with Gasteiger partial charge in [-0.2, -0.15) is 5.26 Å². The van der Waals surface area contributed by atoms with Gasteiger partial charge in [0, 0.05) is 5.56 Å². The van der Waals surface area contributed by atoms with Crippen molar-refractivity contribution in [2.24, 2.45) is 4.99 Å². The Morgan fingerprint density at radius 1 is 1.02 bits per heavy atom. The summed E-state index contributed by atoms with van der Waals surface area (Å²) in [7, 11) is 0. The van der Waals surface area contributed by atoms with Crippen LogP contribution in [-0.2, 0) is 9.53 Å². The molecule has 224 valence electrons. The maximum atomic E-state index is 14.2. The summed E-state index contributed by atoms with van der Waals surface area (Å²) < 4.78 is 18.8. The fourth-order valence-electron chi connectivity index (χ4n) is 5.08. The van der Waals surface area contributed by atoms with E-state index in [4.69, 9.17) is 24.5 Å². The van der Waals surface area contributed by atoms with E-state index in [0.717, 1.165) is 16.7 Å². The van der Waals surface area contributed by atoms with Crippen molar-refractivity contribution in [2.75, 3.05) is 19.8 Å². The number of carbonyl (C=O) groups is 1. The quantitative estimate of drug-likeness (QED) is 0.225. The van der Waals surface area contributed by atoms with Crippen molar-refractivity contribution in [3.05, 3.63) is 120 Å². The Kier molecular flexibility index (Phi) is 9.41. The van der Waals surface area contributed by atoms with Crippen molar-refractivity contribution in [3.8, 4) is 17.6 Å². The van der Waals surface area contributed by atoms with Crippen molar-refractivity contribution in [2.45, 2.75) is 39.7 Å². The van der Waals surface area contributed by atoms with Crippen molar-refractivity contribution in [3.63, 3.8) is 0 Å². The fraction of sp³-hybridized carbons (Fsp3) is 0.257. The number of rotatable bonds is 10. The molecule has 0 amide bonds. The first-order chi connectivity index (χ1) is 21.4. The minimum absolute atomic E-state index is 0.108. The Balaban J connectivity index is 1.74. The lowest BCUT2D eigenvalue weighted by atomic mass is 9.91. The number of nitriles is 1. The van der Waals surface area contributed by atoms with Crippen LogP contribution in [0.2, 0.25) is 0 Å². The Morgan fingerprint density at radius 3 is 2.43 bits per heavy atom. The lowest BCUT2D eigenvalue weighted by Crippen LogP contribution is -2.40. The van der Waals surface area contributed by atoms with Gasteiger partial charge in [-0.25, -0.2) is 9.79 Å². The summed E-state index contributed by atoms with van der Waals surface area (Å²) in [5.41, 5.74) is 3.92. The zero-order chi connectivity index (χ0) is 31.2. The van der Waals surface area contributed by atoms with E-state index in [1.54, 1.807) is 35.8 Å². The molecule has 0 unspecified atom stereocenters. The maximum absolute atomic E-state index is 14.2. The molecule has 9 heteroatoms. The number of ether oxygens (including phenoxy) is 3. The zero-order valence-electron chi connectivity index (χ0n) is 25.1. The van der Waals surface area contributed by atoms with E-state index in [1.807, 2.05) is 67.6 Å². The van der Waals surface area contributed by atoms with E-state index < -0.39 is 12.0 Å². The van der Waals surface area contributed by atoms with E-state index in [0.29, 0.717) is 50.2 Å². The predicted molar refractivity (Wildman–Crippen MR) is 170 cm³/mol. The fourth-order valence-corrected chi connectivity index (χ4v) is 6.08. The number of carbonyl (C=O) groups excluding carboxylic acids is 1. The molecule has 1 atom stereocenters. The highest BCUT2D eigenvalue weighted by Crippen LogP contribution is 2.36. The van der Waals surface area contributed by atoms with Crippen LogP contribution < -0.4 is 24.4 Å². The number of hydrogen-bond donors (Lipinski definition) is 0. The van der Waals surface area contributed by atoms with Crippen LogP contribution in [0.5, 0.6) is 11.5 Å². The second kappa shape index (κ2) is 13.6. The minimum Gasteiger partial charge on any atom is -0.490 e. The monoisotopic (exact) mass is 607 g/mol. The summed E-state index contributed by atoms with van der Waals surface area (Å²) in [6.07, 6.45) is 1.77. The van der Waals surface area contributed by atoms with E-state index in [-0.39, 0.29) is 18.8 Å². The van der Waals surface area contributed by atoms with E-state index >= 15 is 0 Å². The molecular weight excluding hydrogens is 574 g/mol. The third kappa shape index (κ3) is 6.21. The van der Waals surface area contributed by atoms with Gasteiger partial charge in [-0.05, 0) is 54.7 Å². The molecule has 1 aromatic heterocycles. The summed E-state index contributed by atoms with van der Waals surface area (Å²) in [5, 5.41) is 8.93. The number of nitrogens with zero attached hydrogens (tertiary/aromatic N) is 3. The van der Waals surface area contributed by atoms with Crippen LogP contribution in [-0.4, -0.2) is 30.4 Å². The Morgan fingerprint density at radius 2 is 1.77 bits per heavy atom. The maximum Gasteiger partial charge on any atom is 0.338 e. The molecule has 0 fully saturated rings. The Labute approximate surface area is 259 Å². The zero-order valence-corrected chi connectivity index (χ0v) is 25.9. The highest BCUT2D eigenvalue weighted by atomic mass is 32.1. The van der Waals surface area contributed by atoms with Gasteiger partial charge in [-0.15, -0.1) is 0 Å². The lowest BCUT2D eigenvalue weighted by Gasteiger charge is -2.26. The molecule has 5 rings (SSSR count). The van der Waals surface area contributed by atoms with Gasteiger partial charge >= 0.3 is 5.97 Å². The number of hydrogen-bond acceptors (Lipinski definition) is 8. The van der Waals surface area contributed by atoms with Crippen LogP contribution in [0.3, 0.4) is 0 Å². The van der Waals surface area contributed by atoms with Crippen molar-refractivity contribution < 1.29 is 19.0 Å². The third-order valence-corrected chi connectivity index (χ3v) is 8.13. The molecule has 0 bridgehead atoms. The molecule has 0 spiro atoms. The number of esters is 1. The van der Waals surface area contributed by atoms with Crippen molar-refractivity contribution >= 4 is 29.1 Å². The molecule has 4 aromatic rings. The molecule has 1 aliphatic rings. The molecule has 1 aliphatic heterocycles. The lowest BCUT2D eigenvalue weighted by molar-refractivity contribution is -0.138. The smallest absolute Gasteiger partial charge is 0.338 e. The number of thiazole rings is 1. The van der Waals surface area contributed by atoms with Gasteiger partial charge in [0.1, 0.15) is 6.07 Å². The predicted octanol–water partition coefficient (Wildman–Crippen LogP) is 5.36. The summed E-state index contributed by atoms with van der Waals surface area (Å²) >= 11 is 1.25. The van der Waals surface area contributed by atoms with Crippen LogP contribution >= 0.6 is 11.3 Å². The normalized spacial score (nSPS) is 14.5. The van der Waals surface area contributed by atoms with Gasteiger partial charge in [0.15, 0.2) is 22.9 Å². The summed E-state index contributed by atoms with van der Waals surface area (Å²) in [5.74, 6) is 0.729. The number of fused-ring (bicyclic) bond motifs is 1. The summed E-state index contributed by atoms with van der Waals surface area (Å²) in [6.45, 7) is 8.34. The summed E-state index contributed by atoms with van der Waals surface area (Å²) in [6, 6.07) is 24.0. The van der Waals surface area contributed by atoms with Gasteiger partial charge in [0.25, 0.3) is 5.56 Å². The SMILES string of the molecule is CCOC(=O)C1=C(c2ccccc2)N=c2s/c(=C\c3ccc(OCC#N)c(OCC)c3)c(=O)n2[C@@H]1c1ccc(C(C)C)cc1. The van der Waals surface area contributed by atoms with E-state index in [1.165, 1.54) is 11.3 Å². The Hall–Kier alpha value is -4.94. The van der Waals surface area contributed by atoms with Crippen LogP contribution in [0.25, 0.3) is 11.8 Å². The van der Waals surface area contributed by atoms with Crippen LogP contribution in [0.4, 0.5) is 0 Å². The molecule has 3 aromatic carbocycles. The van der Waals surface area contributed by atoms with Gasteiger partial charge in [-0.1, -0.05) is 85.8 Å². The average molecular weight is 608 g/mol. The van der Waals surface area contributed by atoms with Crippen molar-refractivity contribution in [1.29, 1.82) is 5.26 Å². The largest absolute Gasteiger partial charge is 0.490 e. The second-order valence-electron chi connectivity index (χ2n) is 10.3. The molecule has 44 heavy (non-hydrogen) atoms. The highest BCUT2D eigenvalue weighted by molar-refractivity contribution is 7.07. The minimum atomic E-state index is -0.746. The third-order valence-electron chi connectivity index (χ3n) is 7.15. The van der Waals surface area contributed by atoms with Gasteiger partial charge in [0.2, 0.25) is 0 Å². The molecular formula is C35H33N3O5S. The summed E-state index contributed by atoms with van der Waals surface area (Å²) in [4.78, 5) is 33.2. The molecule has 0 aliphatic carbocycles. The second-order valence-corrected chi connectivity index (χ2v) is 11.3. The standard InChI is InChI=1S/C35H33N3O5S/c1-5-41-28-20-23(12-17-27(28)43-19-18-36)21-29-33(39)38-32(26-15-13-24(14-16-26)22(3)4)30(34(40)42-6-2)31(37-35(38)44-29)25-10-8-7-9-11-25/h7-17,20-22,32H,5-6,19H2,1-4H3/b29-21-/t32-/m1/s1. The molecule has 0 radical (unpaired) electrons. The molecule has 8 nitrogen and oxygen atoms in total. The molecule has 0 saturated heterocycles. The van der Waals surface area contributed by atoms with E-state index in [9.17, 15) is 9.59 Å². The van der Waals surface area contributed by atoms with Crippen LogP contribution in [0, 0.1) is 11.3 Å². The first kappa shape index (κ1) is 30.5. The molecule has 2 heterocycles. The molecule has 0 saturated carbocycles. The number of aromatic nitrogens is 1. The van der Waals surface area contributed by atoms with Crippen molar-refractivity contribution in [1.82, 2.24) is 4.57 Å². The van der Waals surface area contributed by atoms with Gasteiger partial charge in [0.05, 0.1) is 35.1 Å². The topological polar surface area (TPSA) is 103 Å². The number of benzene rings is 3. The first-order valence-corrected chi connectivity index (χ1v) is 15.3. The van der Waals surface area contributed by atoms with Gasteiger partial charge in [-0.3, -0.25) is 9.36 Å².